The largest absolute Gasteiger partial charge is 0.446 e. The maximum Gasteiger partial charge on any atom is 0.407 e. The maximum atomic E-state index is 11.8. The summed E-state index contributed by atoms with van der Waals surface area (Å²) in [5.74, 6) is 4.49. The molecule has 1 atom stereocenters. The smallest absolute Gasteiger partial charge is 0.407 e. The first kappa shape index (κ1) is 25.3. The van der Waals surface area contributed by atoms with Gasteiger partial charge in [-0.1, -0.05) is 12.2 Å². The van der Waals surface area contributed by atoms with Crippen molar-refractivity contribution in [1.29, 1.82) is 0 Å². The second-order valence-electron chi connectivity index (χ2n) is 6.43. The Hall–Kier alpha value is -1.72. The molecule has 0 spiro atoms. The van der Waals surface area contributed by atoms with E-state index >= 15 is 0 Å². The number of ether oxygens (including phenoxy) is 4. The third kappa shape index (κ3) is 15.8. The Morgan fingerprint density at radius 1 is 0.862 bits per heavy atom. The average Bonchev–Trinajstić information content (AvgIpc) is 2.67. The van der Waals surface area contributed by atoms with Crippen molar-refractivity contribution in [2.24, 2.45) is 5.90 Å². The number of carbonyl (C=O) groups is 2. The molecule has 29 heavy (non-hydrogen) atoms. The van der Waals surface area contributed by atoms with Crippen molar-refractivity contribution in [1.82, 2.24) is 10.6 Å². The van der Waals surface area contributed by atoms with Gasteiger partial charge < -0.3 is 29.6 Å². The van der Waals surface area contributed by atoms with Crippen LogP contribution < -0.4 is 16.5 Å². The van der Waals surface area contributed by atoms with Gasteiger partial charge in [0.05, 0.1) is 39.6 Å². The van der Waals surface area contributed by atoms with Crippen LogP contribution in [-0.2, 0) is 28.6 Å². The molecule has 0 saturated heterocycles. The van der Waals surface area contributed by atoms with E-state index in [4.69, 9.17) is 24.8 Å². The predicted molar refractivity (Wildman–Crippen MR) is 106 cm³/mol. The van der Waals surface area contributed by atoms with E-state index < -0.39 is 0 Å². The van der Waals surface area contributed by atoms with Gasteiger partial charge in [-0.25, -0.2) is 10.7 Å². The van der Waals surface area contributed by atoms with Crippen LogP contribution in [0.1, 0.15) is 32.1 Å². The first-order valence-electron chi connectivity index (χ1n) is 10.1. The maximum absolute atomic E-state index is 11.8. The van der Waals surface area contributed by atoms with Gasteiger partial charge in [-0.2, -0.15) is 0 Å². The van der Waals surface area contributed by atoms with Gasteiger partial charge in [0, 0.05) is 13.1 Å². The van der Waals surface area contributed by atoms with Crippen LogP contribution in [0, 0.1) is 0 Å². The molecule has 0 bridgehead atoms. The minimum Gasteiger partial charge on any atom is -0.446 e. The van der Waals surface area contributed by atoms with Crippen molar-refractivity contribution in [2.45, 2.75) is 38.2 Å². The average molecular weight is 418 g/mol. The Morgan fingerprint density at radius 3 is 2.17 bits per heavy atom. The summed E-state index contributed by atoms with van der Waals surface area (Å²) in [4.78, 5) is 27.0. The van der Waals surface area contributed by atoms with Gasteiger partial charge >= 0.3 is 6.09 Å². The van der Waals surface area contributed by atoms with Crippen molar-refractivity contribution in [3.05, 3.63) is 12.2 Å². The summed E-state index contributed by atoms with van der Waals surface area (Å²) in [7, 11) is 0. The fourth-order valence-corrected chi connectivity index (χ4v) is 2.59. The summed E-state index contributed by atoms with van der Waals surface area (Å²) in [5, 5.41) is 5.28. The first-order valence-corrected chi connectivity index (χ1v) is 10.1. The van der Waals surface area contributed by atoms with Crippen molar-refractivity contribution >= 4 is 12.0 Å². The van der Waals surface area contributed by atoms with Crippen LogP contribution in [0.5, 0.6) is 0 Å². The molecule has 10 heteroatoms. The van der Waals surface area contributed by atoms with Crippen LogP contribution in [0.2, 0.25) is 0 Å². The van der Waals surface area contributed by atoms with Crippen LogP contribution in [0.4, 0.5) is 4.79 Å². The van der Waals surface area contributed by atoms with E-state index in [1.54, 1.807) is 0 Å². The van der Waals surface area contributed by atoms with Crippen LogP contribution in [0.15, 0.2) is 12.2 Å². The van der Waals surface area contributed by atoms with E-state index in [-0.39, 0.29) is 24.7 Å². The third-order valence-electron chi connectivity index (χ3n) is 4.04. The number of rotatable bonds is 15. The Morgan fingerprint density at radius 2 is 1.48 bits per heavy atom. The first-order chi connectivity index (χ1) is 14.2. The lowest BCUT2D eigenvalue weighted by molar-refractivity contribution is -0.126. The number of alkyl carbamates (subject to hydrolysis) is 1. The zero-order valence-electron chi connectivity index (χ0n) is 17.1. The topological polar surface area (TPSA) is 130 Å². The molecule has 2 amide bonds. The number of nitrogens with one attached hydrogen (secondary N) is 2. The lowest BCUT2D eigenvalue weighted by Gasteiger charge is -2.18. The fraction of sp³-hybridized carbons (Fsp3) is 0.789. The summed E-state index contributed by atoms with van der Waals surface area (Å²) in [5.41, 5.74) is 0. The highest BCUT2D eigenvalue weighted by Crippen LogP contribution is 2.15. The SMILES string of the molecule is NOCC(=O)NCCOCCOCCOCCNC(=O)OC1CC/C=C/CCC1. The molecule has 1 rings (SSSR count). The Bertz CT molecular complexity index is 463. The van der Waals surface area contributed by atoms with Crippen LogP contribution in [0.25, 0.3) is 0 Å². The number of carbonyl (C=O) groups excluding carboxylic acids is 2. The summed E-state index contributed by atoms with van der Waals surface area (Å²) in [6.45, 7) is 3.13. The van der Waals surface area contributed by atoms with Crippen molar-refractivity contribution in [2.75, 3.05) is 59.3 Å². The highest BCUT2D eigenvalue weighted by atomic mass is 16.6. The molecule has 0 aromatic carbocycles. The molecule has 4 N–H and O–H groups in total. The van der Waals surface area contributed by atoms with Crippen LogP contribution in [-0.4, -0.2) is 77.4 Å². The van der Waals surface area contributed by atoms with Gasteiger partial charge in [-0.15, -0.1) is 0 Å². The third-order valence-corrected chi connectivity index (χ3v) is 4.04. The molecule has 0 fully saturated rings. The second kappa shape index (κ2) is 18.3. The van der Waals surface area contributed by atoms with Gasteiger partial charge in [0.1, 0.15) is 12.7 Å². The van der Waals surface area contributed by atoms with Gasteiger partial charge in [-0.05, 0) is 32.1 Å². The number of hydrogen-bond donors (Lipinski definition) is 3. The quantitative estimate of drug-likeness (QED) is 0.201. The van der Waals surface area contributed by atoms with Gasteiger partial charge in [-0.3, -0.25) is 9.63 Å². The zero-order chi connectivity index (χ0) is 21.0. The standard InChI is InChI=1S/C19H35N3O7/c20-28-16-18(23)21-8-10-25-12-14-27-15-13-26-11-9-22-19(24)29-17-6-4-2-1-3-5-7-17/h1-2,17H,3-16,20H2,(H,21,23)(H,22,24)/b2-1+. The minimum atomic E-state index is -0.386. The zero-order valence-corrected chi connectivity index (χ0v) is 17.1. The van der Waals surface area contributed by atoms with Gasteiger partial charge in [0.15, 0.2) is 0 Å². The molecule has 0 radical (unpaired) electrons. The number of amides is 2. The summed E-state index contributed by atoms with van der Waals surface area (Å²) < 4.78 is 21.5. The molecular formula is C19H35N3O7. The van der Waals surface area contributed by atoms with Crippen molar-refractivity contribution in [3.8, 4) is 0 Å². The van der Waals surface area contributed by atoms with Crippen LogP contribution >= 0.6 is 0 Å². The van der Waals surface area contributed by atoms with Crippen molar-refractivity contribution < 1.29 is 33.4 Å². The van der Waals surface area contributed by atoms with Crippen molar-refractivity contribution in [3.63, 3.8) is 0 Å². The Kier molecular flexibility index (Phi) is 16.0. The number of allylic oxidation sites excluding steroid dienone is 2. The predicted octanol–water partition coefficient (Wildman–Crippen LogP) is 0.658. The molecule has 0 saturated carbocycles. The van der Waals surface area contributed by atoms with E-state index in [2.05, 4.69) is 27.6 Å². The molecule has 0 heterocycles. The molecule has 0 aromatic heterocycles. The lowest BCUT2D eigenvalue weighted by Crippen LogP contribution is -2.32. The Balaban J connectivity index is 1.82. The van der Waals surface area contributed by atoms with E-state index in [0.29, 0.717) is 52.7 Å². The highest BCUT2D eigenvalue weighted by molar-refractivity contribution is 5.77. The molecule has 168 valence electrons. The molecular weight excluding hydrogens is 382 g/mol. The molecule has 10 nitrogen and oxygen atoms in total. The van der Waals surface area contributed by atoms with Gasteiger partial charge in [0.2, 0.25) is 5.91 Å². The molecule has 0 aromatic rings. The van der Waals surface area contributed by atoms with E-state index in [0.717, 1.165) is 32.1 Å². The normalized spacial score (nSPS) is 17.8. The summed E-state index contributed by atoms with van der Waals surface area (Å²) >= 11 is 0. The Labute approximate surface area is 172 Å². The highest BCUT2D eigenvalue weighted by Gasteiger charge is 2.14. The van der Waals surface area contributed by atoms with E-state index in [1.165, 1.54) is 0 Å². The number of nitrogens with two attached hydrogens (primary N) is 1. The van der Waals surface area contributed by atoms with Gasteiger partial charge in [0.25, 0.3) is 0 Å². The summed E-state index contributed by atoms with van der Waals surface area (Å²) in [6.07, 6.45) is 8.77. The second-order valence-corrected chi connectivity index (χ2v) is 6.43. The lowest BCUT2D eigenvalue weighted by atomic mass is 10.0. The molecule has 1 aliphatic carbocycles. The van der Waals surface area contributed by atoms with E-state index in [1.807, 2.05) is 0 Å². The molecule has 1 unspecified atom stereocenters. The van der Waals surface area contributed by atoms with E-state index in [9.17, 15) is 9.59 Å². The monoisotopic (exact) mass is 417 g/mol. The molecule has 0 aliphatic heterocycles. The summed E-state index contributed by atoms with van der Waals surface area (Å²) in [6, 6.07) is 0. The fourth-order valence-electron chi connectivity index (χ4n) is 2.59. The van der Waals surface area contributed by atoms with Crippen LogP contribution in [0.3, 0.4) is 0 Å². The minimum absolute atomic E-state index is 0.00675. The number of hydrogen-bond acceptors (Lipinski definition) is 8. The molecule has 1 aliphatic rings.